The van der Waals surface area contributed by atoms with Gasteiger partial charge in [0.2, 0.25) is 0 Å². The minimum atomic E-state index is -0.101. The SMILES string of the molecule is CC1CCC(C2CCC(O)C(C)C2)C(O)C1. The molecule has 0 saturated heterocycles. The average Bonchev–Trinajstić information content (AvgIpc) is 2.22. The van der Waals surface area contributed by atoms with Gasteiger partial charge < -0.3 is 10.2 Å². The fourth-order valence-electron chi connectivity index (χ4n) is 3.73. The van der Waals surface area contributed by atoms with E-state index in [0.29, 0.717) is 23.7 Å². The highest BCUT2D eigenvalue weighted by atomic mass is 16.3. The quantitative estimate of drug-likeness (QED) is 0.721. The van der Waals surface area contributed by atoms with Crippen LogP contribution in [0, 0.1) is 23.7 Å². The van der Waals surface area contributed by atoms with E-state index < -0.39 is 0 Å². The van der Waals surface area contributed by atoms with Crippen molar-refractivity contribution < 1.29 is 10.2 Å². The van der Waals surface area contributed by atoms with Crippen LogP contribution in [0.2, 0.25) is 0 Å². The molecule has 2 nitrogen and oxygen atoms in total. The van der Waals surface area contributed by atoms with Gasteiger partial charge in [0.15, 0.2) is 0 Å². The van der Waals surface area contributed by atoms with Gasteiger partial charge in [0, 0.05) is 0 Å². The smallest absolute Gasteiger partial charge is 0.0573 e. The molecular formula is C14H26O2. The molecule has 6 atom stereocenters. The molecule has 2 aliphatic rings. The zero-order valence-electron chi connectivity index (χ0n) is 10.6. The summed E-state index contributed by atoms with van der Waals surface area (Å²) < 4.78 is 0. The van der Waals surface area contributed by atoms with E-state index in [1.165, 1.54) is 12.8 Å². The summed E-state index contributed by atoms with van der Waals surface area (Å²) in [5.74, 6) is 2.27. The first kappa shape index (κ1) is 12.4. The fourth-order valence-corrected chi connectivity index (χ4v) is 3.73. The predicted octanol–water partition coefficient (Wildman–Crippen LogP) is 2.58. The van der Waals surface area contributed by atoms with E-state index in [1.54, 1.807) is 0 Å². The van der Waals surface area contributed by atoms with Crippen molar-refractivity contribution in [3.63, 3.8) is 0 Å². The molecule has 16 heavy (non-hydrogen) atoms. The van der Waals surface area contributed by atoms with Crippen LogP contribution in [0.3, 0.4) is 0 Å². The van der Waals surface area contributed by atoms with Crippen LogP contribution in [0.25, 0.3) is 0 Å². The van der Waals surface area contributed by atoms with Crippen molar-refractivity contribution in [2.45, 2.75) is 64.6 Å². The Morgan fingerprint density at radius 2 is 1.56 bits per heavy atom. The molecule has 0 aliphatic heterocycles. The summed E-state index contributed by atoms with van der Waals surface area (Å²) in [6.07, 6.45) is 6.42. The Hall–Kier alpha value is -0.0800. The van der Waals surface area contributed by atoms with E-state index in [9.17, 15) is 10.2 Å². The van der Waals surface area contributed by atoms with Crippen LogP contribution in [0.5, 0.6) is 0 Å². The standard InChI is InChI=1S/C14H26O2/c1-9-3-5-12(14(16)7-9)11-4-6-13(15)10(2)8-11/h9-16H,3-8H2,1-2H3. The molecule has 0 bridgehead atoms. The van der Waals surface area contributed by atoms with Gasteiger partial charge in [-0.2, -0.15) is 0 Å². The maximum absolute atomic E-state index is 10.2. The molecule has 6 unspecified atom stereocenters. The molecule has 2 heteroatoms. The van der Waals surface area contributed by atoms with E-state index in [2.05, 4.69) is 13.8 Å². The lowest BCUT2D eigenvalue weighted by Gasteiger charge is -2.41. The third-order valence-electron chi connectivity index (χ3n) is 4.90. The van der Waals surface area contributed by atoms with Crippen LogP contribution in [-0.4, -0.2) is 22.4 Å². The Morgan fingerprint density at radius 3 is 2.19 bits per heavy atom. The first-order valence-electron chi connectivity index (χ1n) is 6.94. The van der Waals surface area contributed by atoms with E-state index >= 15 is 0 Å². The van der Waals surface area contributed by atoms with E-state index in [4.69, 9.17) is 0 Å². The van der Waals surface area contributed by atoms with Gasteiger partial charge in [0.25, 0.3) is 0 Å². The van der Waals surface area contributed by atoms with Crippen molar-refractivity contribution in [2.24, 2.45) is 23.7 Å². The minimum Gasteiger partial charge on any atom is -0.393 e. The Balaban J connectivity index is 1.92. The lowest BCUT2D eigenvalue weighted by molar-refractivity contribution is -0.0215. The van der Waals surface area contributed by atoms with E-state index in [-0.39, 0.29) is 12.2 Å². The molecule has 0 aromatic rings. The van der Waals surface area contributed by atoms with Crippen LogP contribution in [0.4, 0.5) is 0 Å². The number of aliphatic hydroxyl groups excluding tert-OH is 2. The Morgan fingerprint density at radius 1 is 0.812 bits per heavy atom. The van der Waals surface area contributed by atoms with Gasteiger partial charge in [-0.05, 0) is 55.8 Å². The predicted molar refractivity (Wildman–Crippen MR) is 65.0 cm³/mol. The third-order valence-corrected chi connectivity index (χ3v) is 4.90. The molecule has 94 valence electrons. The molecule has 2 rings (SSSR count). The Kier molecular flexibility index (Phi) is 3.91. The summed E-state index contributed by atoms with van der Waals surface area (Å²) in [5, 5.41) is 19.9. The van der Waals surface area contributed by atoms with Crippen molar-refractivity contribution in [3.8, 4) is 0 Å². The lowest BCUT2D eigenvalue weighted by atomic mass is 9.67. The molecule has 0 aromatic carbocycles. The molecular weight excluding hydrogens is 200 g/mol. The zero-order chi connectivity index (χ0) is 11.7. The molecule has 0 amide bonds. The van der Waals surface area contributed by atoms with Crippen molar-refractivity contribution in [1.82, 2.24) is 0 Å². The van der Waals surface area contributed by atoms with Crippen LogP contribution in [0.15, 0.2) is 0 Å². The maximum atomic E-state index is 10.2. The Labute approximate surface area is 99.1 Å². The lowest BCUT2D eigenvalue weighted by Crippen LogP contribution is -2.38. The second kappa shape index (κ2) is 5.05. The summed E-state index contributed by atoms with van der Waals surface area (Å²) in [5.41, 5.74) is 0. The molecule has 0 radical (unpaired) electrons. The van der Waals surface area contributed by atoms with Gasteiger partial charge in [0.05, 0.1) is 12.2 Å². The summed E-state index contributed by atoms with van der Waals surface area (Å²) in [7, 11) is 0. The zero-order valence-corrected chi connectivity index (χ0v) is 10.6. The average molecular weight is 226 g/mol. The summed E-state index contributed by atoms with van der Waals surface area (Å²) in [6, 6.07) is 0. The first-order valence-corrected chi connectivity index (χ1v) is 6.94. The van der Waals surface area contributed by atoms with Crippen LogP contribution >= 0.6 is 0 Å². The van der Waals surface area contributed by atoms with Crippen LogP contribution in [0.1, 0.15) is 52.4 Å². The second-order valence-corrected chi connectivity index (χ2v) is 6.27. The second-order valence-electron chi connectivity index (χ2n) is 6.27. The summed E-state index contributed by atoms with van der Waals surface area (Å²) in [4.78, 5) is 0. The first-order chi connectivity index (χ1) is 7.58. The maximum Gasteiger partial charge on any atom is 0.0573 e. The van der Waals surface area contributed by atoms with Gasteiger partial charge in [-0.3, -0.25) is 0 Å². The number of hydrogen-bond donors (Lipinski definition) is 2. The van der Waals surface area contributed by atoms with Crippen LogP contribution in [-0.2, 0) is 0 Å². The number of aliphatic hydroxyl groups is 2. The van der Waals surface area contributed by atoms with Crippen LogP contribution < -0.4 is 0 Å². The number of hydrogen-bond acceptors (Lipinski definition) is 2. The molecule has 2 aliphatic carbocycles. The fraction of sp³-hybridized carbons (Fsp3) is 1.00. The normalized spacial score (nSPS) is 50.2. The highest BCUT2D eigenvalue weighted by Crippen LogP contribution is 2.41. The van der Waals surface area contributed by atoms with Crippen molar-refractivity contribution in [1.29, 1.82) is 0 Å². The van der Waals surface area contributed by atoms with E-state index in [1.807, 2.05) is 0 Å². The Bertz CT molecular complexity index is 229. The monoisotopic (exact) mass is 226 g/mol. The van der Waals surface area contributed by atoms with Crippen molar-refractivity contribution in [2.75, 3.05) is 0 Å². The molecule has 2 N–H and O–H groups in total. The molecule has 2 saturated carbocycles. The molecule has 0 heterocycles. The molecule has 0 aromatic heterocycles. The highest BCUT2D eigenvalue weighted by molar-refractivity contribution is 4.87. The van der Waals surface area contributed by atoms with Gasteiger partial charge >= 0.3 is 0 Å². The van der Waals surface area contributed by atoms with Gasteiger partial charge in [-0.1, -0.05) is 20.3 Å². The number of rotatable bonds is 1. The van der Waals surface area contributed by atoms with Crippen molar-refractivity contribution in [3.05, 3.63) is 0 Å². The van der Waals surface area contributed by atoms with Gasteiger partial charge in [-0.15, -0.1) is 0 Å². The van der Waals surface area contributed by atoms with Gasteiger partial charge in [-0.25, -0.2) is 0 Å². The minimum absolute atomic E-state index is 0.0869. The molecule has 0 spiro atoms. The topological polar surface area (TPSA) is 40.5 Å². The molecule has 2 fully saturated rings. The van der Waals surface area contributed by atoms with E-state index in [0.717, 1.165) is 25.7 Å². The summed E-state index contributed by atoms with van der Waals surface area (Å²) in [6.45, 7) is 4.39. The summed E-state index contributed by atoms with van der Waals surface area (Å²) >= 11 is 0. The largest absolute Gasteiger partial charge is 0.393 e. The van der Waals surface area contributed by atoms with Crippen molar-refractivity contribution >= 4 is 0 Å². The highest BCUT2D eigenvalue weighted by Gasteiger charge is 2.36. The third kappa shape index (κ3) is 2.60. The van der Waals surface area contributed by atoms with Gasteiger partial charge in [0.1, 0.15) is 0 Å².